The van der Waals surface area contributed by atoms with Crippen LogP contribution in [0.2, 0.25) is 0 Å². The van der Waals surface area contributed by atoms with E-state index >= 15 is 0 Å². The Hall–Kier alpha value is -0.450. The van der Waals surface area contributed by atoms with Crippen molar-refractivity contribution in [3.8, 4) is 0 Å². The zero-order valence-electron chi connectivity index (χ0n) is 7.71. The van der Waals surface area contributed by atoms with E-state index in [0.29, 0.717) is 0 Å². The van der Waals surface area contributed by atoms with Crippen LogP contribution in [0.4, 0.5) is 0 Å². The molecule has 0 saturated carbocycles. The van der Waals surface area contributed by atoms with Gasteiger partial charge < -0.3 is 0 Å². The third-order valence-corrected chi connectivity index (χ3v) is 2.83. The summed E-state index contributed by atoms with van der Waals surface area (Å²) in [6.07, 6.45) is 7.22. The SMILES string of the molecule is Cc1cnc2c(n1)=C[C@@](C)(I)CC=2. The van der Waals surface area contributed by atoms with Crippen molar-refractivity contribution in [2.75, 3.05) is 0 Å². The van der Waals surface area contributed by atoms with Gasteiger partial charge in [-0.25, -0.2) is 0 Å². The number of halogens is 1. The minimum atomic E-state index is 0.202. The van der Waals surface area contributed by atoms with E-state index in [0.717, 1.165) is 22.8 Å². The minimum Gasteiger partial charge on any atom is -0.253 e. The largest absolute Gasteiger partial charge is 0.253 e. The predicted molar refractivity (Wildman–Crippen MR) is 62.0 cm³/mol. The second kappa shape index (κ2) is 3.04. The van der Waals surface area contributed by atoms with Crippen LogP contribution >= 0.6 is 22.6 Å². The zero-order valence-corrected chi connectivity index (χ0v) is 9.87. The van der Waals surface area contributed by atoms with Crippen LogP contribution in [0.5, 0.6) is 0 Å². The lowest BCUT2D eigenvalue weighted by molar-refractivity contribution is 0.874. The normalized spacial score (nSPS) is 25.8. The Morgan fingerprint density at radius 2 is 2.23 bits per heavy atom. The molecule has 1 aromatic rings. The molecule has 0 fully saturated rings. The van der Waals surface area contributed by atoms with Gasteiger partial charge in [-0.05, 0) is 26.3 Å². The van der Waals surface area contributed by atoms with E-state index in [1.165, 1.54) is 0 Å². The summed E-state index contributed by atoms with van der Waals surface area (Å²) in [7, 11) is 0. The molecule has 0 saturated heterocycles. The predicted octanol–water partition coefficient (Wildman–Crippen LogP) is 0.943. The van der Waals surface area contributed by atoms with E-state index in [9.17, 15) is 0 Å². The highest BCUT2D eigenvalue weighted by molar-refractivity contribution is 14.1. The van der Waals surface area contributed by atoms with E-state index < -0.39 is 0 Å². The first-order chi connectivity index (χ1) is 6.07. The van der Waals surface area contributed by atoms with Crippen molar-refractivity contribution >= 4 is 34.7 Å². The van der Waals surface area contributed by atoms with Gasteiger partial charge in [0.05, 0.1) is 16.4 Å². The van der Waals surface area contributed by atoms with Crippen LogP contribution in [0.15, 0.2) is 6.20 Å². The standard InChI is InChI=1S/C10H11IN2/c1-7-6-12-8-3-4-10(2,11)5-9(8)13-7/h3,5-6H,4H2,1-2H3/t10-/m0/s1. The smallest absolute Gasteiger partial charge is 0.0860 e. The van der Waals surface area contributed by atoms with Crippen LogP contribution in [0.1, 0.15) is 19.0 Å². The van der Waals surface area contributed by atoms with E-state index in [2.05, 4.69) is 51.6 Å². The van der Waals surface area contributed by atoms with E-state index in [1.807, 2.05) is 13.1 Å². The van der Waals surface area contributed by atoms with E-state index in [4.69, 9.17) is 0 Å². The fourth-order valence-corrected chi connectivity index (χ4v) is 1.92. The summed E-state index contributed by atoms with van der Waals surface area (Å²) >= 11 is 2.44. The van der Waals surface area contributed by atoms with Crippen molar-refractivity contribution in [3.05, 3.63) is 22.6 Å². The van der Waals surface area contributed by atoms with Gasteiger partial charge in [-0.2, -0.15) is 0 Å². The topological polar surface area (TPSA) is 25.8 Å². The molecule has 0 amide bonds. The third-order valence-electron chi connectivity index (χ3n) is 2.08. The Morgan fingerprint density at radius 3 is 3.00 bits per heavy atom. The van der Waals surface area contributed by atoms with Crippen LogP contribution in [-0.4, -0.2) is 13.4 Å². The first kappa shape index (κ1) is 9.12. The van der Waals surface area contributed by atoms with Crippen molar-refractivity contribution in [1.82, 2.24) is 9.97 Å². The number of hydrogen-bond donors (Lipinski definition) is 0. The Kier molecular flexibility index (Phi) is 2.14. The molecule has 1 aromatic heterocycles. The number of aryl methyl sites for hydroxylation is 1. The molecule has 0 radical (unpaired) electrons. The van der Waals surface area contributed by atoms with Crippen LogP contribution in [-0.2, 0) is 0 Å². The Bertz CT molecular complexity index is 448. The maximum Gasteiger partial charge on any atom is 0.0860 e. The molecule has 2 nitrogen and oxygen atoms in total. The molecule has 3 heteroatoms. The van der Waals surface area contributed by atoms with Crippen molar-refractivity contribution < 1.29 is 0 Å². The third kappa shape index (κ3) is 1.90. The molecule has 0 bridgehead atoms. The Morgan fingerprint density at radius 1 is 1.46 bits per heavy atom. The lowest BCUT2D eigenvalue weighted by Crippen LogP contribution is -2.38. The van der Waals surface area contributed by atoms with Crippen LogP contribution in [0, 0.1) is 6.92 Å². The Balaban J connectivity index is 2.72. The van der Waals surface area contributed by atoms with Gasteiger partial charge in [0, 0.05) is 9.62 Å². The van der Waals surface area contributed by atoms with Crippen molar-refractivity contribution in [1.29, 1.82) is 0 Å². The zero-order chi connectivity index (χ0) is 9.47. The summed E-state index contributed by atoms with van der Waals surface area (Å²) in [5.41, 5.74) is 0.984. The van der Waals surface area contributed by atoms with Gasteiger partial charge in [0.1, 0.15) is 0 Å². The van der Waals surface area contributed by atoms with Crippen LogP contribution in [0.25, 0.3) is 12.2 Å². The second-order valence-electron chi connectivity index (χ2n) is 3.61. The summed E-state index contributed by atoms with van der Waals surface area (Å²) in [4.78, 5) is 8.79. The lowest BCUT2D eigenvalue weighted by atomic mass is 10.0. The molecule has 0 spiro atoms. The van der Waals surface area contributed by atoms with Crippen LogP contribution in [0.3, 0.4) is 0 Å². The first-order valence-electron chi connectivity index (χ1n) is 4.28. The van der Waals surface area contributed by atoms with Crippen molar-refractivity contribution in [3.63, 3.8) is 0 Å². The molecule has 0 unspecified atom stereocenters. The molecule has 68 valence electrons. The van der Waals surface area contributed by atoms with Gasteiger partial charge in [0.15, 0.2) is 0 Å². The first-order valence-corrected chi connectivity index (χ1v) is 5.36. The number of rotatable bonds is 0. The molecule has 2 rings (SSSR count). The lowest BCUT2D eigenvalue weighted by Gasteiger charge is -2.17. The molecule has 1 aliphatic carbocycles. The van der Waals surface area contributed by atoms with Gasteiger partial charge in [-0.3, -0.25) is 9.97 Å². The molecule has 1 atom stereocenters. The summed E-state index contributed by atoms with van der Waals surface area (Å²) in [5.74, 6) is 0. The number of nitrogens with zero attached hydrogens (tertiary/aromatic N) is 2. The molecule has 1 aliphatic rings. The van der Waals surface area contributed by atoms with Crippen molar-refractivity contribution in [2.45, 2.75) is 23.7 Å². The molecule has 1 heterocycles. The van der Waals surface area contributed by atoms with Gasteiger partial charge in [0.25, 0.3) is 0 Å². The highest BCUT2D eigenvalue weighted by atomic mass is 127. The van der Waals surface area contributed by atoms with Crippen LogP contribution < -0.4 is 10.7 Å². The number of hydrogen-bond acceptors (Lipinski definition) is 2. The number of alkyl halides is 1. The molecule has 13 heavy (non-hydrogen) atoms. The Labute approximate surface area is 90.9 Å². The quantitative estimate of drug-likeness (QED) is 0.524. The van der Waals surface area contributed by atoms with E-state index in [1.54, 1.807) is 0 Å². The average molecular weight is 286 g/mol. The number of fused-ring (bicyclic) bond motifs is 1. The summed E-state index contributed by atoms with van der Waals surface area (Å²) in [5, 5.41) is 2.06. The summed E-state index contributed by atoms with van der Waals surface area (Å²) < 4.78 is 0.202. The number of aromatic nitrogens is 2. The molecular weight excluding hydrogens is 275 g/mol. The average Bonchev–Trinajstić information content (AvgIpc) is 2.01. The van der Waals surface area contributed by atoms with E-state index in [-0.39, 0.29) is 3.42 Å². The molecule has 0 N–H and O–H groups in total. The summed E-state index contributed by atoms with van der Waals surface area (Å²) in [6, 6.07) is 0. The maximum absolute atomic E-state index is 4.46. The highest BCUT2D eigenvalue weighted by Crippen LogP contribution is 2.25. The minimum absolute atomic E-state index is 0.202. The van der Waals surface area contributed by atoms with Crippen molar-refractivity contribution in [2.24, 2.45) is 0 Å². The highest BCUT2D eigenvalue weighted by Gasteiger charge is 2.18. The summed E-state index contributed by atoms with van der Waals surface area (Å²) in [6.45, 7) is 4.18. The monoisotopic (exact) mass is 286 g/mol. The van der Waals surface area contributed by atoms with Gasteiger partial charge in [-0.15, -0.1) is 0 Å². The fourth-order valence-electron chi connectivity index (χ4n) is 1.41. The molecule has 0 aliphatic heterocycles. The van der Waals surface area contributed by atoms with Gasteiger partial charge in [0.2, 0.25) is 0 Å². The fraction of sp³-hybridized carbons (Fsp3) is 0.400. The van der Waals surface area contributed by atoms with Gasteiger partial charge >= 0.3 is 0 Å². The molecule has 0 aromatic carbocycles. The van der Waals surface area contributed by atoms with Gasteiger partial charge in [-0.1, -0.05) is 28.7 Å². The molecular formula is C10H11IN2. The second-order valence-corrected chi connectivity index (χ2v) is 6.08. The maximum atomic E-state index is 4.46.